The van der Waals surface area contributed by atoms with Gasteiger partial charge in [-0.05, 0) is 137 Å². The molecule has 2 N–H and O–H groups in total. The lowest BCUT2D eigenvalue weighted by Crippen LogP contribution is -2.57. The molecule has 0 aliphatic heterocycles. The van der Waals surface area contributed by atoms with E-state index in [1.165, 1.54) is 38.5 Å². The van der Waals surface area contributed by atoms with E-state index in [-0.39, 0.29) is 22.8 Å². The summed E-state index contributed by atoms with van der Waals surface area (Å²) in [5.74, 6) is 3.76. The molecule has 4 aliphatic carbocycles. The van der Waals surface area contributed by atoms with E-state index < -0.39 is 21.8 Å². The first kappa shape index (κ1) is 31.5. The summed E-state index contributed by atoms with van der Waals surface area (Å²) < 4.78 is 31.7. The molecule has 232 valence electrons. The van der Waals surface area contributed by atoms with Gasteiger partial charge in [0.15, 0.2) is 0 Å². The van der Waals surface area contributed by atoms with Crippen molar-refractivity contribution in [3.8, 4) is 0 Å². The molecule has 0 bridgehead atoms. The Balaban J connectivity index is 1.27. The fourth-order valence-corrected chi connectivity index (χ4v) is 11.6. The van der Waals surface area contributed by atoms with Gasteiger partial charge in [0.05, 0.1) is 23.2 Å². The average Bonchev–Trinajstić information content (AvgIpc) is 3.25. The van der Waals surface area contributed by atoms with E-state index in [0.29, 0.717) is 23.2 Å². The Morgan fingerprint density at radius 1 is 0.951 bits per heavy atom. The van der Waals surface area contributed by atoms with Gasteiger partial charge in [0.1, 0.15) is 0 Å². The summed E-state index contributed by atoms with van der Waals surface area (Å²) >= 11 is 0. The van der Waals surface area contributed by atoms with Crippen molar-refractivity contribution in [2.24, 2.45) is 52.3 Å². The lowest BCUT2D eigenvalue weighted by atomic mass is 9.43. The topological polar surface area (TPSA) is 83.8 Å². The average molecular weight is 589 g/mol. The van der Waals surface area contributed by atoms with E-state index in [4.69, 9.17) is 4.18 Å². The van der Waals surface area contributed by atoms with Crippen molar-refractivity contribution in [3.63, 3.8) is 0 Å². The lowest BCUT2D eigenvalue weighted by molar-refractivity contribution is -0.157. The molecule has 0 heterocycles. The lowest BCUT2D eigenvalue weighted by Gasteiger charge is -2.62. The zero-order valence-electron chi connectivity index (χ0n) is 26.4. The monoisotopic (exact) mass is 588 g/mol. The Labute approximate surface area is 250 Å². The first-order valence-corrected chi connectivity index (χ1v) is 17.9. The van der Waals surface area contributed by atoms with Gasteiger partial charge in [-0.15, -0.1) is 0 Å². The van der Waals surface area contributed by atoms with Crippen LogP contribution < -0.4 is 0 Å². The number of benzene rings is 1. The van der Waals surface area contributed by atoms with Gasteiger partial charge < -0.3 is 10.2 Å². The van der Waals surface area contributed by atoms with Gasteiger partial charge in [0.2, 0.25) is 0 Å². The highest BCUT2D eigenvalue weighted by molar-refractivity contribution is 7.86. The predicted molar refractivity (Wildman–Crippen MR) is 164 cm³/mol. The second kappa shape index (κ2) is 11.5. The van der Waals surface area contributed by atoms with E-state index in [1.807, 2.05) is 20.8 Å². The molecule has 4 aliphatic rings. The minimum atomic E-state index is -3.86. The van der Waals surface area contributed by atoms with E-state index in [2.05, 4.69) is 20.8 Å². The smallest absolute Gasteiger partial charge is 0.296 e. The Hall–Kier alpha value is -0.950. The highest BCUT2D eigenvalue weighted by Gasteiger charge is 2.62. The molecule has 0 aromatic heterocycles. The molecule has 0 radical (unpaired) electrons. The molecule has 6 heteroatoms. The predicted octanol–water partition coefficient (Wildman–Crippen LogP) is 7.52. The first-order chi connectivity index (χ1) is 19.2. The van der Waals surface area contributed by atoms with Crippen molar-refractivity contribution >= 4 is 10.1 Å². The van der Waals surface area contributed by atoms with E-state index in [1.54, 1.807) is 24.3 Å². The fraction of sp³-hybridized carbons (Fsp3) is 0.829. The van der Waals surface area contributed by atoms with Crippen LogP contribution in [0.25, 0.3) is 0 Å². The molecule has 10 atom stereocenters. The van der Waals surface area contributed by atoms with Crippen molar-refractivity contribution in [1.29, 1.82) is 0 Å². The number of aliphatic hydroxyl groups is 2. The van der Waals surface area contributed by atoms with E-state index >= 15 is 0 Å². The SMILES string of the molecule is Cc1ccc(S(=O)(=O)OCC2[C@@H](O)CC[C@@]3(C)[C@H]2CC[C@@H]2[C@@H]3CC[C@]3(C)[C@@H]([C@H](C)CCCC(C)(C)O)CC[C@@H]23)cc1. The van der Waals surface area contributed by atoms with Gasteiger partial charge in [-0.3, -0.25) is 4.18 Å². The van der Waals surface area contributed by atoms with Crippen LogP contribution in [0.15, 0.2) is 29.2 Å². The molecule has 41 heavy (non-hydrogen) atoms. The zero-order valence-corrected chi connectivity index (χ0v) is 27.3. The molecule has 4 saturated carbocycles. The number of rotatable bonds is 9. The van der Waals surface area contributed by atoms with Crippen LogP contribution in [0.1, 0.15) is 111 Å². The molecule has 1 aromatic rings. The second-order valence-corrected chi connectivity index (χ2v) is 17.4. The minimum Gasteiger partial charge on any atom is -0.393 e. The summed E-state index contributed by atoms with van der Waals surface area (Å²) in [5, 5.41) is 21.3. The van der Waals surface area contributed by atoms with Crippen LogP contribution in [0.2, 0.25) is 0 Å². The van der Waals surface area contributed by atoms with Gasteiger partial charge in [-0.25, -0.2) is 0 Å². The van der Waals surface area contributed by atoms with Gasteiger partial charge in [-0.1, -0.05) is 51.3 Å². The highest BCUT2D eigenvalue weighted by atomic mass is 32.2. The molecule has 1 unspecified atom stereocenters. The van der Waals surface area contributed by atoms with E-state index in [9.17, 15) is 18.6 Å². The second-order valence-electron chi connectivity index (χ2n) is 15.8. The van der Waals surface area contributed by atoms with Crippen LogP contribution in [-0.2, 0) is 14.3 Å². The molecule has 0 amide bonds. The maximum Gasteiger partial charge on any atom is 0.296 e. The Bertz CT molecular complexity index is 1160. The Morgan fingerprint density at radius 2 is 1.59 bits per heavy atom. The van der Waals surface area contributed by atoms with Crippen molar-refractivity contribution in [2.45, 2.75) is 129 Å². The number of aliphatic hydroxyl groups excluding tert-OH is 1. The normalized spacial score (nSPS) is 40.0. The summed E-state index contributed by atoms with van der Waals surface area (Å²) in [6, 6.07) is 6.81. The quantitative estimate of drug-likeness (QED) is 0.292. The molecule has 0 saturated heterocycles. The Morgan fingerprint density at radius 3 is 2.27 bits per heavy atom. The number of fused-ring (bicyclic) bond motifs is 5. The van der Waals surface area contributed by atoms with Crippen LogP contribution in [0, 0.1) is 59.2 Å². The van der Waals surface area contributed by atoms with Gasteiger partial charge >= 0.3 is 0 Å². The van der Waals surface area contributed by atoms with Crippen LogP contribution in [0.4, 0.5) is 0 Å². The van der Waals surface area contributed by atoms with Gasteiger partial charge in [0, 0.05) is 5.92 Å². The van der Waals surface area contributed by atoms with E-state index in [0.717, 1.165) is 55.4 Å². The summed E-state index contributed by atoms with van der Waals surface area (Å²) in [4.78, 5) is 0.191. The van der Waals surface area contributed by atoms with Crippen molar-refractivity contribution in [1.82, 2.24) is 0 Å². The fourth-order valence-electron chi connectivity index (χ4n) is 10.7. The Kier molecular flexibility index (Phi) is 8.84. The molecular formula is C35H56O5S. The van der Waals surface area contributed by atoms with Gasteiger partial charge in [-0.2, -0.15) is 8.42 Å². The number of hydrogen-bond donors (Lipinski definition) is 2. The highest BCUT2D eigenvalue weighted by Crippen LogP contribution is 2.69. The molecule has 4 fully saturated rings. The number of hydrogen-bond acceptors (Lipinski definition) is 5. The third kappa shape index (κ3) is 6.06. The first-order valence-electron chi connectivity index (χ1n) is 16.5. The summed E-state index contributed by atoms with van der Waals surface area (Å²) in [6.07, 6.45) is 11.9. The molecule has 5 rings (SSSR count). The molecule has 5 nitrogen and oxygen atoms in total. The third-order valence-corrected chi connectivity index (χ3v) is 14.2. The largest absolute Gasteiger partial charge is 0.393 e. The maximum absolute atomic E-state index is 13.0. The van der Waals surface area contributed by atoms with Crippen molar-refractivity contribution in [3.05, 3.63) is 29.8 Å². The van der Waals surface area contributed by atoms with Crippen LogP contribution >= 0.6 is 0 Å². The molecular weight excluding hydrogens is 532 g/mol. The third-order valence-electron chi connectivity index (χ3n) is 12.9. The van der Waals surface area contributed by atoms with Crippen LogP contribution in [0.3, 0.4) is 0 Å². The zero-order chi connectivity index (χ0) is 29.8. The van der Waals surface area contributed by atoms with Crippen molar-refractivity contribution in [2.75, 3.05) is 6.61 Å². The summed E-state index contributed by atoms with van der Waals surface area (Å²) in [5.41, 5.74) is 0.963. The van der Waals surface area contributed by atoms with Crippen molar-refractivity contribution < 1.29 is 22.8 Å². The van der Waals surface area contributed by atoms with Crippen LogP contribution in [0.5, 0.6) is 0 Å². The van der Waals surface area contributed by atoms with Gasteiger partial charge in [0.25, 0.3) is 10.1 Å². The maximum atomic E-state index is 13.0. The molecule has 1 aromatic carbocycles. The standard InChI is InChI=1S/C35H56O5S/c1-23-9-11-25(12-10-23)41(38,39)40-22-27-30-14-13-26-29-16-15-28(24(2)8-7-19-33(3,4)37)34(29,5)20-17-31(26)35(30,6)21-18-32(27)36/h9-12,24,26-32,36-37H,7-8,13-22H2,1-6H3/t24-,26+,27?,28-,29+,30+,31+,32+,34-,35+/m1/s1. The number of aryl methyl sites for hydroxylation is 1. The van der Waals surface area contributed by atoms with Crippen LogP contribution in [-0.4, -0.2) is 36.9 Å². The summed E-state index contributed by atoms with van der Waals surface area (Å²) in [6.45, 7) is 13.4. The molecule has 0 spiro atoms. The minimum absolute atomic E-state index is 0.0698. The summed E-state index contributed by atoms with van der Waals surface area (Å²) in [7, 11) is -3.86.